The molecule has 4 aromatic carbocycles. The Kier molecular flexibility index (Phi) is 28.8. The lowest BCUT2D eigenvalue weighted by atomic mass is 9.92. The number of nitrogens with two attached hydrogens (primary N) is 1. The van der Waals surface area contributed by atoms with Gasteiger partial charge in [0, 0.05) is 5.39 Å². The van der Waals surface area contributed by atoms with E-state index in [4.69, 9.17) is 34.2 Å². The fourth-order valence-corrected chi connectivity index (χ4v) is 9.18. The lowest BCUT2D eigenvalue weighted by Gasteiger charge is -2.22. The smallest absolute Gasteiger partial charge is 0.184 e. The minimum absolute atomic E-state index is 0.593. The van der Waals surface area contributed by atoms with Crippen molar-refractivity contribution in [2.45, 2.75) is 234 Å². The average Bonchev–Trinajstić information content (AvgIpc) is 3.33. The Morgan fingerprint density at radius 1 is 0.269 bits per heavy atom. The summed E-state index contributed by atoms with van der Waals surface area (Å²) >= 11 is 0. The van der Waals surface area contributed by atoms with Crippen LogP contribution in [0.4, 0.5) is 5.69 Å². The highest BCUT2D eigenvalue weighted by Gasteiger charge is 2.23. The average molecular weight is 928 g/mol. The standard InChI is InChI=1S/C60H97NO6/c1-7-13-19-25-31-37-62-53-43-48-49-44-55(64-39-33-27-21-15-9-3)56(65-40-34-28-22-16-10-4)46-51(49)58-52(50(48)45-54(53)63-38-32-26-20-14-8-2)47-57(66-41-35-29-23-17-11-5)60(59(58)61)67-42-36-30-24-18-12-6/h43-47H,7-42,61H2,1-6H3. The van der Waals surface area contributed by atoms with Gasteiger partial charge < -0.3 is 34.2 Å². The topological polar surface area (TPSA) is 81.4 Å². The molecule has 7 heteroatoms. The van der Waals surface area contributed by atoms with Crippen LogP contribution in [-0.4, -0.2) is 39.6 Å². The normalized spacial score (nSPS) is 11.6. The number of unbranched alkanes of at least 4 members (excludes halogenated alkanes) is 24. The Labute approximate surface area is 409 Å². The van der Waals surface area contributed by atoms with Crippen LogP contribution in [0.5, 0.6) is 34.5 Å². The molecular formula is C60H97NO6. The predicted molar refractivity (Wildman–Crippen MR) is 289 cm³/mol. The predicted octanol–water partition coefficient (Wildman–Crippen LogP) is 18.8. The maximum Gasteiger partial charge on any atom is 0.184 e. The minimum atomic E-state index is 0.593. The molecular weight excluding hydrogens is 831 g/mol. The fraction of sp³-hybridized carbons (Fsp3) is 0.700. The van der Waals surface area contributed by atoms with Gasteiger partial charge in [-0.25, -0.2) is 0 Å². The van der Waals surface area contributed by atoms with Crippen LogP contribution in [0.2, 0.25) is 0 Å². The van der Waals surface area contributed by atoms with Crippen molar-refractivity contribution in [2.24, 2.45) is 0 Å². The lowest BCUT2D eigenvalue weighted by molar-refractivity contribution is 0.259. The fourth-order valence-electron chi connectivity index (χ4n) is 9.18. The number of rotatable bonds is 42. The molecule has 0 bridgehead atoms. The van der Waals surface area contributed by atoms with Crippen molar-refractivity contribution in [1.82, 2.24) is 0 Å². The zero-order valence-electron chi connectivity index (χ0n) is 43.9. The van der Waals surface area contributed by atoms with Crippen molar-refractivity contribution >= 4 is 38.0 Å². The van der Waals surface area contributed by atoms with E-state index in [9.17, 15) is 0 Å². The van der Waals surface area contributed by atoms with Crippen LogP contribution >= 0.6 is 0 Å². The Morgan fingerprint density at radius 2 is 0.493 bits per heavy atom. The zero-order valence-corrected chi connectivity index (χ0v) is 43.9. The maximum atomic E-state index is 7.49. The first-order valence-electron chi connectivity index (χ1n) is 28.1. The van der Waals surface area contributed by atoms with Gasteiger partial charge in [-0.2, -0.15) is 0 Å². The molecule has 2 N–H and O–H groups in total. The highest BCUT2D eigenvalue weighted by atomic mass is 16.5. The van der Waals surface area contributed by atoms with E-state index in [2.05, 4.69) is 71.9 Å². The molecule has 378 valence electrons. The van der Waals surface area contributed by atoms with Crippen LogP contribution in [0.15, 0.2) is 30.3 Å². The van der Waals surface area contributed by atoms with E-state index in [1.807, 2.05) is 0 Å². The molecule has 4 rings (SSSR count). The minimum Gasteiger partial charge on any atom is -0.490 e. The lowest BCUT2D eigenvalue weighted by Crippen LogP contribution is -2.07. The first kappa shape index (κ1) is 55.9. The summed E-state index contributed by atoms with van der Waals surface area (Å²) < 4.78 is 40.4. The van der Waals surface area contributed by atoms with Gasteiger partial charge in [0.25, 0.3) is 0 Å². The highest BCUT2D eigenvalue weighted by molar-refractivity contribution is 6.29. The number of hydrogen-bond acceptors (Lipinski definition) is 7. The second-order valence-electron chi connectivity index (χ2n) is 19.3. The van der Waals surface area contributed by atoms with Crippen LogP contribution < -0.4 is 34.2 Å². The van der Waals surface area contributed by atoms with Crippen LogP contribution in [0.3, 0.4) is 0 Å². The molecule has 0 saturated carbocycles. The molecule has 0 aliphatic carbocycles. The third-order valence-corrected chi connectivity index (χ3v) is 13.3. The highest BCUT2D eigenvalue weighted by Crippen LogP contribution is 2.50. The number of hydrogen-bond donors (Lipinski definition) is 1. The molecule has 0 atom stereocenters. The summed E-state index contributed by atoms with van der Waals surface area (Å²) in [7, 11) is 0. The number of ether oxygens (including phenoxy) is 6. The molecule has 0 aliphatic heterocycles. The number of anilines is 1. The van der Waals surface area contributed by atoms with Gasteiger partial charge in [-0.05, 0) is 95.8 Å². The summed E-state index contributed by atoms with van der Waals surface area (Å²) in [6, 6.07) is 11.1. The third-order valence-electron chi connectivity index (χ3n) is 13.3. The van der Waals surface area contributed by atoms with Crippen molar-refractivity contribution in [3.8, 4) is 34.5 Å². The van der Waals surface area contributed by atoms with Crippen LogP contribution in [-0.2, 0) is 0 Å². The van der Waals surface area contributed by atoms with Gasteiger partial charge in [0.1, 0.15) is 0 Å². The van der Waals surface area contributed by atoms with Crippen LogP contribution in [0, 0.1) is 0 Å². The van der Waals surface area contributed by atoms with Crippen LogP contribution in [0.1, 0.15) is 234 Å². The number of benzene rings is 4. The van der Waals surface area contributed by atoms with Gasteiger partial charge >= 0.3 is 0 Å². The maximum absolute atomic E-state index is 7.49. The second-order valence-corrected chi connectivity index (χ2v) is 19.3. The van der Waals surface area contributed by atoms with Crippen molar-refractivity contribution in [3.05, 3.63) is 30.3 Å². The molecule has 0 aromatic heterocycles. The largest absolute Gasteiger partial charge is 0.490 e. The van der Waals surface area contributed by atoms with E-state index >= 15 is 0 Å². The van der Waals surface area contributed by atoms with Gasteiger partial charge in [0.15, 0.2) is 34.5 Å². The Bertz CT molecular complexity index is 1860. The van der Waals surface area contributed by atoms with Gasteiger partial charge in [0.2, 0.25) is 0 Å². The van der Waals surface area contributed by atoms with Crippen molar-refractivity contribution in [3.63, 3.8) is 0 Å². The number of fused-ring (bicyclic) bond motifs is 6. The monoisotopic (exact) mass is 928 g/mol. The van der Waals surface area contributed by atoms with Gasteiger partial charge in [-0.15, -0.1) is 0 Å². The molecule has 67 heavy (non-hydrogen) atoms. The molecule has 0 spiro atoms. The number of nitrogen functional groups attached to an aromatic ring is 1. The zero-order chi connectivity index (χ0) is 47.7. The first-order valence-corrected chi connectivity index (χ1v) is 28.1. The molecule has 7 nitrogen and oxygen atoms in total. The van der Waals surface area contributed by atoms with Crippen molar-refractivity contribution in [1.29, 1.82) is 0 Å². The van der Waals surface area contributed by atoms with E-state index in [0.717, 1.165) is 132 Å². The van der Waals surface area contributed by atoms with Gasteiger partial charge in [-0.3, -0.25) is 0 Å². The Hall–Kier alpha value is -3.74. The molecule has 0 unspecified atom stereocenters. The van der Waals surface area contributed by atoms with Crippen LogP contribution in [0.25, 0.3) is 32.3 Å². The van der Waals surface area contributed by atoms with E-state index in [1.54, 1.807) is 0 Å². The van der Waals surface area contributed by atoms with Crippen molar-refractivity contribution < 1.29 is 28.4 Å². The summed E-state index contributed by atoms with van der Waals surface area (Å²) in [4.78, 5) is 0. The summed E-state index contributed by atoms with van der Waals surface area (Å²) in [5.74, 6) is 4.50. The van der Waals surface area contributed by atoms with E-state index < -0.39 is 0 Å². The molecule has 0 heterocycles. The van der Waals surface area contributed by atoms with Crippen molar-refractivity contribution in [2.75, 3.05) is 45.4 Å². The molecule has 0 aliphatic rings. The summed E-state index contributed by atoms with van der Waals surface area (Å²) in [6.07, 6.45) is 35.1. The summed E-state index contributed by atoms with van der Waals surface area (Å²) in [6.45, 7) is 17.4. The molecule has 0 saturated heterocycles. The van der Waals surface area contributed by atoms with E-state index in [-0.39, 0.29) is 0 Å². The summed E-state index contributed by atoms with van der Waals surface area (Å²) in [5.41, 5.74) is 8.10. The Morgan fingerprint density at radius 3 is 0.791 bits per heavy atom. The molecule has 0 radical (unpaired) electrons. The quantitative estimate of drug-likeness (QED) is 0.0269. The second kappa shape index (κ2) is 34.5. The summed E-state index contributed by atoms with van der Waals surface area (Å²) in [5, 5.41) is 6.18. The van der Waals surface area contributed by atoms with E-state index in [0.29, 0.717) is 56.8 Å². The first-order chi connectivity index (χ1) is 33.0. The van der Waals surface area contributed by atoms with Gasteiger partial charge in [0.05, 0.1) is 45.3 Å². The Balaban J connectivity index is 1.95. The SMILES string of the molecule is CCCCCCCOc1cc2c3cc(OCCCCCCC)c(OCCCCCCC)cc3c3c(N)c(OCCCCCCC)c(OCCCCCCC)cc3c2cc1OCCCCCCC. The van der Waals surface area contributed by atoms with E-state index in [1.165, 1.54) is 116 Å². The molecule has 0 amide bonds. The molecule has 0 fully saturated rings. The van der Waals surface area contributed by atoms with Gasteiger partial charge in [-0.1, -0.05) is 196 Å². The third kappa shape index (κ3) is 19.3. The molecule has 4 aromatic rings.